The highest BCUT2D eigenvalue weighted by Crippen LogP contribution is 2.31. The van der Waals surface area contributed by atoms with Gasteiger partial charge < -0.3 is 11.1 Å². The molecule has 1 aromatic rings. The first-order chi connectivity index (χ1) is 9.38. The molecule has 2 atom stereocenters. The number of hydrogen-bond acceptors (Lipinski definition) is 4. The van der Waals surface area contributed by atoms with Crippen LogP contribution in [0.5, 0.6) is 0 Å². The van der Waals surface area contributed by atoms with Crippen molar-refractivity contribution in [1.29, 1.82) is 0 Å². The minimum atomic E-state index is 0.389. The Hall–Kier alpha value is -1.23. The molecule has 0 bridgehead atoms. The van der Waals surface area contributed by atoms with E-state index in [1.165, 1.54) is 6.42 Å². The summed E-state index contributed by atoms with van der Waals surface area (Å²) in [5.74, 6) is 2.22. The Kier molecular flexibility index (Phi) is 4.58. The average Bonchev–Trinajstić information content (AvgIpc) is 2.32. The molecule has 1 aliphatic carbocycles. The summed E-state index contributed by atoms with van der Waals surface area (Å²) in [4.78, 5) is 0.389. The second kappa shape index (κ2) is 6.04. The van der Waals surface area contributed by atoms with E-state index in [1.807, 2.05) is 13.8 Å². The number of nitrogens with two attached hydrogens (primary N) is 1. The van der Waals surface area contributed by atoms with E-state index in [-0.39, 0.29) is 0 Å². The van der Waals surface area contributed by atoms with Crippen LogP contribution in [0.25, 0.3) is 0 Å². The summed E-state index contributed by atoms with van der Waals surface area (Å²) in [6, 6.07) is 0.429. The molecule has 0 aliphatic heterocycles. The zero-order valence-corrected chi connectivity index (χ0v) is 13.5. The highest BCUT2D eigenvalue weighted by Gasteiger charge is 2.25. The van der Waals surface area contributed by atoms with E-state index in [1.54, 1.807) is 0 Å². The van der Waals surface area contributed by atoms with Crippen LogP contribution in [0, 0.1) is 25.7 Å². The standard InChI is InChI=1S/C15H24N4S/c1-8-5-9(2)7-12(6-8)17-15-13(14(16)20)10(3)11(4)18-19-15/h8-9,12H,5-7H2,1-4H3,(H2,16,20)(H,17,19). The first-order valence-electron chi connectivity index (χ1n) is 7.28. The fourth-order valence-corrected chi connectivity index (χ4v) is 3.52. The van der Waals surface area contributed by atoms with Gasteiger partial charge in [0.25, 0.3) is 0 Å². The summed E-state index contributed by atoms with van der Waals surface area (Å²) in [5, 5.41) is 12.0. The highest BCUT2D eigenvalue weighted by atomic mass is 32.1. The summed E-state index contributed by atoms with van der Waals surface area (Å²) in [6.07, 6.45) is 3.63. The van der Waals surface area contributed by atoms with Crippen molar-refractivity contribution < 1.29 is 0 Å². The average molecular weight is 292 g/mol. The van der Waals surface area contributed by atoms with Gasteiger partial charge >= 0.3 is 0 Å². The lowest BCUT2D eigenvalue weighted by atomic mass is 9.80. The molecular weight excluding hydrogens is 268 g/mol. The van der Waals surface area contributed by atoms with E-state index in [0.717, 1.165) is 47.3 Å². The Balaban J connectivity index is 2.25. The van der Waals surface area contributed by atoms with Crippen molar-refractivity contribution in [3.05, 3.63) is 16.8 Å². The zero-order valence-electron chi connectivity index (χ0n) is 12.7. The van der Waals surface area contributed by atoms with Gasteiger partial charge in [-0.25, -0.2) is 0 Å². The van der Waals surface area contributed by atoms with Crippen LogP contribution < -0.4 is 11.1 Å². The fraction of sp³-hybridized carbons (Fsp3) is 0.667. The van der Waals surface area contributed by atoms with Crippen molar-refractivity contribution >= 4 is 23.0 Å². The third-order valence-corrected chi connectivity index (χ3v) is 4.42. The van der Waals surface area contributed by atoms with Gasteiger partial charge in [0.1, 0.15) is 4.99 Å². The lowest BCUT2D eigenvalue weighted by molar-refractivity contribution is 0.280. The molecule has 2 rings (SSSR count). The van der Waals surface area contributed by atoms with E-state index in [2.05, 4.69) is 29.4 Å². The first kappa shape index (κ1) is 15.2. The van der Waals surface area contributed by atoms with Gasteiger partial charge in [-0.05, 0) is 50.5 Å². The molecule has 1 fully saturated rings. The normalized spacial score (nSPS) is 26.3. The van der Waals surface area contributed by atoms with Crippen molar-refractivity contribution in [2.45, 2.75) is 53.0 Å². The van der Waals surface area contributed by atoms with Crippen molar-refractivity contribution in [3.8, 4) is 0 Å². The van der Waals surface area contributed by atoms with E-state index < -0.39 is 0 Å². The van der Waals surface area contributed by atoms with Crippen LogP contribution in [0.4, 0.5) is 5.82 Å². The van der Waals surface area contributed by atoms with Crippen LogP contribution in [0.15, 0.2) is 0 Å². The second-order valence-corrected chi connectivity index (χ2v) is 6.70. The molecule has 0 saturated heterocycles. The van der Waals surface area contributed by atoms with Crippen molar-refractivity contribution in [2.75, 3.05) is 5.32 Å². The maximum Gasteiger partial charge on any atom is 0.159 e. The first-order valence-corrected chi connectivity index (χ1v) is 7.69. The van der Waals surface area contributed by atoms with E-state index >= 15 is 0 Å². The molecule has 20 heavy (non-hydrogen) atoms. The smallest absolute Gasteiger partial charge is 0.159 e. The van der Waals surface area contributed by atoms with E-state index in [4.69, 9.17) is 18.0 Å². The van der Waals surface area contributed by atoms with Crippen LogP contribution >= 0.6 is 12.2 Å². The number of thiocarbonyl (C=S) groups is 1. The Bertz CT molecular complexity index is 505. The van der Waals surface area contributed by atoms with Gasteiger partial charge in [0.2, 0.25) is 0 Å². The summed E-state index contributed by atoms with van der Waals surface area (Å²) in [5.41, 5.74) is 8.61. The molecule has 110 valence electrons. The lowest BCUT2D eigenvalue weighted by Crippen LogP contribution is -2.32. The third-order valence-electron chi connectivity index (χ3n) is 4.22. The molecule has 4 nitrogen and oxygen atoms in total. The van der Waals surface area contributed by atoms with Gasteiger partial charge in [-0.2, -0.15) is 5.10 Å². The zero-order chi connectivity index (χ0) is 14.9. The number of nitrogens with zero attached hydrogens (tertiary/aromatic N) is 2. The Morgan fingerprint density at radius 2 is 1.75 bits per heavy atom. The van der Waals surface area contributed by atoms with Gasteiger partial charge in [-0.15, -0.1) is 5.10 Å². The Morgan fingerprint density at radius 3 is 2.30 bits per heavy atom. The molecule has 0 spiro atoms. The summed E-state index contributed by atoms with van der Waals surface area (Å²) in [7, 11) is 0. The number of aromatic nitrogens is 2. The van der Waals surface area contributed by atoms with Crippen LogP contribution in [-0.4, -0.2) is 21.2 Å². The molecule has 1 aromatic heterocycles. The molecule has 1 aliphatic rings. The minimum Gasteiger partial charge on any atom is -0.389 e. The van der Waals surface area contributed by atoms with E-state index in [0.29, 0.717) is 11.0 Å². The maximum atomic E-state index is 5.87. The van der Waals surface area contributed by atoms with Gasteiger partial charge in [0.05, 0.1) is 11.3 Å². The largest absolute Gasteiger partial charge is 0.389 e. The molecule has 5 heteroatoms. The molecular formula is C15H24N4S. The maximum absolute atomic E-state index is 5.87. The van der Waals surface area contributed by atoms with Crippen LogP contribution in [-0.2, 0) is 0 Å². The minimum absolute atomic E-state index is 0.389. The van der Waals surface area contributed by atoms with Gasteiger partial charge in [-0.1, -0.05) is 26.1 Å². The summed E-state index contributed by atoms with van der Waals surface area (Å²) < 4.78 is 0. The summed E-state index contributed by atoms with van der Waals surface area (Å²) in [6.45, 7) is 8.55. The molecule has 0 amide bonds. The number of nitrogens with one attached hydrogen (secondary N) is 1. The number of anilines is 1. The second-order valence-electron chi connectivity index (χ2n) is 6.26. The molecule has 3 N–H and O–H groups in total. The van der Waals surface area contributed by atoms with Gasteiger partial charge in [0, 0.05) is 6.04 Å². The van der Waals surface area contributed by atoms with Gasteiger partial charge in [0.15, 0.2) is 5.82 Å². The molecule has 0 aromatic carbocycles. The van der Waals surface area contributed by atoms with Crippen LogP contribution in [0.1, 0.15) is 49.9 Å². The number of hydrogen-bond donors (Lipinski definition) is 2. The van der Waals surface area contributed by atoms with Crippen molar-refractivity contribution in [1.82, 2.24) is 10.2 Å². The quantitative estimate of drug-likeness (QED) is 0.839. The fourth-order valence-electron chi connectivity index (χ4n) is 3.27. The third kappa shape index (κ3) is 3.26. The van der Waals surface area contributed by atoms with Crippen LogP contribution in [0.3, 0.4) is 0 Å². The lowest BCUT2D eigenvalue weighted by Gasteiger charge is -2.32. The van der Waals surface area contributed by atoms with Gasteiger partial charge in [-0.3, -0.25) is 0 Å². The predicted octanol–water partition coefficient (Wildman–Crippen LogP) is 2.96. The number of aryl methyl sites for hydroxylation is 1. The summed E-state index contributed by atoms with van der Waals surface area (Å²) >= 11 is 5.18. The SMILES string of the molecule is Cc1nnc(NC2CC(C)CC(C)C2)c(C(N)=S)c1C. The molecule has 2 unspecified atom stereocenters. The van der Waals surface area contributed by atoms with E-state index in [9.17, 15) is 0 Å². The molecule has 1 saturated carbocycles. The van der Waals surface area contributed by atoms with Crippen molar-refractivity contribution in [2.24, 2.45) is 17.6 Å². The Morgan fingerprint density at radius 1 is 1.15 bits per heavy atom. The van der Waals surface area contributed by atoms with Crippen LogP contribution in [0.2, 0.25) is 0 Å². The highest BCUT2D eigenvalue weighted by molar-refractivity contribution is 7.80. The Labute approximate surface area is 126 Å². The molecule has 1 heterocycles. The number of rotatable bonds is 3. The predicted molar refractivity (Wildman–Crippen MR) is 87.0 cm³/mol. The van der Waals surface area contributed by atoms with Crippen molar-refractivity contribution in [3.63, 3.8) is 0 Å². The molecule has 0 radical (unpaired) electrons. The monoisotopic (exact) mass is 292 g/mol. The topological polar surface area (TPSA) is 63.8 Å².